The number of carbonyl (C=O) groups is 4. The molecule has 4 bridgehead atoms. The van der Waals surface area contributed by atoms with Crippen molar-refractivity contribution in [3.8, 4) is 5.75 Å². The van der Waals surface area contributed by atoms with Crippen LogP contribution in [-0.2, 0) is 44.6 Å². The number of nitrogens with zero attached hydrogens (tertiary/aromatic N) is 3. The highest BCUT2D eigenvalue weighted by Gasteiger charge is 2.61. The van der Waals surface area contributed by atoms with Crippen LogP contribution in [0.3, 0.4) is 0 Å². The topological polar surface area (TPSA) is 195 Å². The molecule has 5 aliphatic heterocycles. The molecular formula is C41H60N4O12. The first-order valence-corrected chi connectivity index (χ1v) is 20.3. The van der Waals surface area contributed by atoms with E-state index in [1.807, 2.05) is 58.7 Å². The highest BCUT2D eigenvalue weighted by atomic mass is 16.7. The van der Waals surface area contributed by atoms with Crippen molar-refractivity contribution in [1.29, 1.82) is 0 Å². The lowest BCUT2D eigenvalue weighted by molar-refractivity contribution is -0.293. The van der Waals surface area contributed by atoms with E-state index in [0.717, 1.165) is 11.3 Å². The number of likely N-dealkylation sites (N-methyl/N-ethyl adjacent to an activating group) is 1. The number of nitrogens with one attached hydrogen (secondary N) is 1. The maximum absolute atomic E-state index is 14.3. The molecule has 0 spiro atoms. The molecule has 4 fully saturated rings. The number of ether oxygens (including phenoxy) is 6. The summed E-state index contributed by atoms with van der Waals surface area (Å²) in [5, 5.41) is 20.6. The molecule has 0 saturated carbocycles. The second kappa shape index (κ2) is 17.3. The smallest absolute Gasteiger partial charge is 0.410 e. The van der Waals surface area contributed by atoms with E-state index >= 15 is 0 Å². The van der Waals surface area contributed by atoms with E-state index in [1.54, 1.807) is 29.4 Å². The Hall–Kier alpha value is -3.67. The van der Waals surface area contributed by atoms with Crippen molar-refractivity contribution in [2.24, 2.45) is 28.7 Å². The standard InChI is InChI=1S/C41H60N4O12/c1-9-30-41(7)35-23(3)32(42-15-16-45(35)39(50)57-41)27-19-40(6,53-21-27)36(24(4)33(47)25(5)37(49)55-30)56-38-34(48)29(18-22(2)54-38)44(8)20-26-10-12-28(13-11-26)52-17-14-31(46)43-51/h10-13,22-25,27,29-30,34-36,38,48,51H,9,14-21H2,1-8H3,(H,43,46)/t22-,23+,24+,25-,27+,29+,30-,34-,35-,36-,38+,40-,41-/m1/s1. The average Bonchev–Trinajstić information content (AvgIpc) is 3.63. The van der Waals surface area contributed by atoms with Crippen LogP contribution in [0.2, 0.25) is 0 Å². The van der Waals surface area contributed by atoms with E-state index in [1.165, 1.54) is 6.92 Å². The number of benzene rings is 1. The molecule has 0 radical (unpaired) electrons. The van der Waals surface area contributed by atoms with Crippen LogP contribution in [0.4, 0.5) is 4.79 Å². The van der Waals surface area contributed by atoms with Crippen LogP contribution >= 0.6 is 0 Å². The average molecular weight is 801 g/mol. The van der Waals surface area contributed by atoms with Gasteiger partial charge in [-0.2, -0.15) is 0 Å². The summed E-state index contributed by atoms with van der Waals surface area (Å²) in [6, 6.07) is 6.56. The van der Waals surface area contributed by atoms with Gasteiger partial charge < -0.3 is 33.5 Å². The molecule has 57 heavy (non-hydrogen) atoms. The molecular weight excluding hydrogens is 740 g/mol. The highest BCUT2D eigenvalue weighted by Crippen LogP contribution is 2.46. The fraction of sp³-hybridized carbons (Fsp3) is 0.732. The molecule has 2 amide bonds. The first-order chi connectivity index (χ1) is 27.0. The van der Waals surface area contributed by atoms with Crippen molar-refractivity contribution >= 4 is 29.5 Å². The van der Waals surface area contributed by atoms with E-state index < -0.39 is 77.4 Å². The number of rotatable bonds is 10. The van der Waals surface area contributed by atoms with Gasteiger partial charge in [-0.15, -0.1) is 0 Å². The molecule has 5 aliphatic rings. The largest absolute Gasteiger partial charge is 0.493 e. The lowest BCUT2D eigenvalue weighted by Gasteiger charge is -2.46. The van der Waals surface area contributed by atoms with Crippen molar-refractivity contribution in [3.63, 3.8) is 0 Å². The zero-order valence-corrected chi connectivity index (χ0v) is 34.3. The summed E-state index contributed by atoms with van der Waals surface area (Å²) in [6.45, 7) is 14.4. The number of esters is 1. The summed E-state index contributed by atoms with van der Waals surface area (Å²) >= 11 is 0. The predicted octanol–water partition coefficient (Wildman–Crippen LogP) is 3.28. The molecule has 3 N–H and O–H groups in total. The van der Waals surface area contributed by atoms with Gasteiger partial charge in [-0.3, -0.25) is 34.4 Å². The molecule has 1 aromatic carbocycles. The van der Waals surface area contributed by atoms with Gasteiger partial charge in [-0.25, -0.2) is 10.3 Å². The molecule has 0 aromatic heterocycles. The van der Waals surface area contributed by atoms with E-state index in [2.05, 4.69) is 0 Å². The lowest BCUT2D eigenvalue weighted by atomic mass is 9.74. The predicted molar refractivity (Wildman–Crippen MR) is 204 cm³/mol. The Morgan fingerprint density at radius 3 is 2.51 bits per heavy atom. The Bertz CT molecular complexity index is 1680. The summed E-state index contributed by atoms with van der Waals surface area (Å²) in [6.07, 6.45) is -3.40. The molecule has 1 aromatic rings. The van der Waals surface area contributed by atoms with E-state index in [4.69, 9.17) is 38.6 Å². The number of fused-ring (bicyclic) bond motifs is 4. The fourth-order valence-corrected chi connectivity index (χ4v) is 9.80. The number of aliphatic imine (C=N–C) groups is 1. The summed E-state index contributed by atoms with van der Waals surface area (Å²) in [7, 11) is 1.92. The molecule has 316 valence electrons. The Kier molecular flexibility index (Phi) is 13.0. The molecule has 16 nitrogen and oxygen atoms in total. The van der Waals surface area contributed by atoms with E-state index in [0.29, 0.717) is 51.3 Å². The number of Topliss-reactive ketones (excluding diaryl/α,β-unsaturated/α-hetero) is 1. The highest BCUT2D eigenvalue weighted by molar-refractivity contribution is 6.00. The van der Waals surface area contributed by atoms with Gasteiger partial charge in [0.15, 0.2) is 17.7 Å². The first kappa shape index (κ1) is 42.9. The summed E-state index contributed by atoms with van der Waals surface area (Å²) in [5.41, 5.74) is 1.21. The third kappa shape index (κ3) is 8.58. The summed E-state index contributed by atoms with van der Waals surface area (Å²) in [5.74, 6) is -3.53. The van der Waals surface area contributed by atoms with E-state index in [-0.39, 0.29) is 37.0 Å². The van der Waals surface area contributed by atoms with Gasteiger partial charge in [0.2, 0.25) is 5.91 Å². The van der Waals surface area contributed by atoms with Crippen LogP contribution in [0.1, 0.15) is 79.7 Å². The van der Waals surface area contributed by atoms with Crippen molar-refractivity contribution in [3.05, 3.63) is 29.8 Å². The van der Waals surface area contributed by atoms with E-state index in [9.17, 15) is 24.3 Å². The minimum atomic E-state index is -1.17. The number of aliphatic hydroxyl groups is 1. The molecule has 5 heterocycles. The number of hydrogen-bond acceptors (Lipinski definition) is 14. The molecule has 13 atom stereocenters. The Balaban J connectivity index is 1.24. The molecule has 16 heteroatoms. The molecule has 4 saturated heterocycles. The quantitative estimate of drug-likeness (QED) is 0.135. The van der Waals surface area contributed by atoms with Crippen LogP contribution in [0, 0.1) is 23.7 Å². The number of carbonyl (C=O) groups excluding carboxylic acids is 4. The van der Waals surface area contributed by atoms with Crippen LogP contribution in [0.15, 0.2) is 29.3 Å². The summed E-state index contributed by atoms with van der Waals surface area (Å²) in [4.78, 5) is 61.5. The summed E-state index contributed by atoms with van der Waals surface area (Å²) < 4.78 is 37.5. The van der Waals surface area contributed by atoms with Gasteiger partial charge >= 0.3 is 12.1 Å². The van der Waals surface area contributed by atoms with Crippen molar-refractivity contribution in [1.82, 2.24) is 15.3 Å². The second-order valence-electron chi connectivity index (χ2n) is 16.9. The number of ketones is 1. The van der Waals surface area contributed by atoms with Crippen LogP contribution < -0.4 is 10.2 Å². The fourth-order valence-electron chi connectivity index (χ4n) is 9.80. The number of hydroxylamine groups is 1. The zero-order chi connectivity index (χ0) is 41.4. The number of hydrogen-bond donors (Lipinski definition) is 3. The van der Waals surface area contributed by atoms with Crippen molar-refractivity contribution < 1.29 is 57.9 Å². The van der Waals surface area contributed by atoms with Crippen LogP contribution in [0.25, 0.3) is 0 Å². The van der Waals surface area contributed by atoms with Crippen LogP contribution in [-0.4, -0.2) is 137 Å². The second-order valence-corrected chi connectivity index (χ2v) is 16.9. The Morgan fingerprint density at radius 1 is 1.11 bits per heavy atom. The zero-order valence-electron chi connectivity index (χ0n) is 34.3. The van der Waals surface area contributed by atoms with Gasteiger partial charge in [-0.1, -0.05) is 32.9 Å². The maximum Gasteiger partial charge on any atom is 0.410 e. The van der Waals surface area contributed by atoms with Crippen molar-refractivity contribution in [2.45, 2.75) is 135 Å². The van der Waals surface area contributed by atoms with Gasteiger partial charge in [0, 0.05) is 42.6 Å². The first-order valence-electron chi connectivity index (χ1n) is 20.3. The molecule has 0 unspecified atom stereocenters. The third-order valence-electron chi connectivity index (χ3n) is 12.8. The number of aliphatic hydroxyl groups excluding tert-OH is 1. The minimum Gasteiger partial charge on any atom is -0.493 e. The third-order valence-corrected chi connectivity index (χ3v) is 12.8. The van der Waals surface area contributed by atoms with Gasteiger partial charge in [-0.05, 0) is 71.7 Å². The molecule has 6 rings (SSSR count). The van der Waals surface area contributed by atoms with Crippen molar-refractivity contribution in [2.75, 3.05) is 33.4 Å². The lowest BCUT2D eigenvalue weighted by Crippen LogP contribution is -2.59. The molecule has 0 aliphatic carbocycles. The number of amides is 2. The Labute approximate surface area is 334 Å². The Morgan fingerprint density at radius 2 is 1.82 bits per heavy atom. The van der Waals surface area contributed by atoms with Gasteiger partial charge in [0.1, 0.15) is 23.9 Å². The number of cyclic esters (lactones) is 1. The minimum absolute atomic E-state index is 0.0148. The monoisotopic (exact) mass is 800 g/mol. The SMILES string of the molecule is CC[C@H]1OC(=O)[C@H](C)C(=O)[C@H](C)[C@@H](O[C@@H]2O[C@H](C)C[C@H](N(C)Cc3ccc(OCCC(=O)NO)cc3)[C@H]2O)[C@@]2(C)C[C@@H](CO2)C2=NCCN3C(=O)O[C@@]1(C)[C@H]3[C@H]2C. The normalized spacial score (nSPS) is 38.5. The van der Waals surface area contributed by atoms with Crippen LogP contribution in [0.5, 0.6) is 5.75 Å². The van der Waals surface area contributed by atoms with Gasteiger partial charge in [0.25, 0.3) is 0 Å². The maximum atomic E-state index is 14.3. The van der Waals surface area contributed by atoms with Gasteiger partial charge in [0.05, 0.1) is 50.0 Å².